The van der Waals surface area contributed by atoms with Gasteiger partial charge in [-0.05, 0) is 30.3 Å². The molecule has 3 nitrogen and oxygen atoms in total. The predicted molar refractivity (Wildman–Crippen MR) is 88.1 cm³/mol. The lowest BCUT2D eigenvalue weighted by atomic mass is 10.0. The lowest BCUT2D eigenvalue weighted by Gasteiger charge is -2.17. The van der Waals surface area contributed by atoms with Gasteiger partial charge in [-0.25, -0.2) is 0 Å². The van der Waals surface area contributed by atoms with Crippen LogP contribution in [0.2, 0.25) is 0 Å². The van der Waals surface area contributed by atoms with Crippen molar-refractivity contribution < 1.29 is 4.74 Å². The summed E-state index contributed by atoms with van der Waals surface area (Å²) >= 11 is 1.71. The Morgan fingerprint density at radius 3 is 2.90 bits per heavy atom. The Kier molecular flexibility index (Phi) is 4.18. The third-order valence-electron chi connectivity index (χ3n) is 3.47. The van der Waals surface area contributed by atoms with Crippen molar-refractivity contribution in [1.29, 1.82) is 0 Å². The van der Waals surface area contributed by atoms with Crippen LogP contribution in [-0.2, 0) is 0 Å². The molecule has 0 fully saturated rings. The summed E-state index contributed by atoms with van der Waals surface area (Å²) in [5, 5.41) is 6.74. The second-order valence-corrected chi connectivity index (χ2v) is 5.78. The molecule has 2 aromatic heterocycles. The minimum atomic E-state index is 0.154. The van der Waals surface area contributed by atoms with E-state index in [0.29, 0.717) is 0 Å². The van der Waals surface area contributed by atoms with Crippen molar-refractivity contribution in [2.75, 3.05) is 13.7 Å². The monoisotopic (exact) mass is 298 g/mol. The van der Waals surface area contributed by atoms with Gasteiger partial charge in [-0.1, -0.05) is 25.1 Å². The Labute approximate surface area is 128 Å². The first-order valence-corrected chi connectivity index (χ1v) is 7.90. The highest BCUT2D eigenvalue weighted by atomic mass is 32.1. The van der Waals surface area contributed by atoms with Crippen molar-refractivity contribution in [1.82, 2.24) is 10.3 Å². The summed E-state index contributed by atoms with van der Waals surface area (Å²) in [6.45, 7) is 3.02. The summed E-state index contributed by atoms with van der Waals surface area (Å²) in [6.07, 6.45) is 1.96. The SMILES string of the molecule is CCNC(c1cnc2ccccc2c1)c1cc(OC)cs1. The van der Waals surface area contributed by atoms with Gasteiger partial charge in [-0.15, -0.1) is 11.3 Å². The van der Waals surface area contributed by atoms with Gasteiger partial charge in [-0.3, -0.25) is 4.98 Å². The van der Waals surface area contributed by atoms with Crippen molar-refractivity contribution in [2.45, 2.75) is 13.0 Å². The molecule has 1 N–H and O–H groups in total. The number of rotatable bonds is 5. The van der Waals surface area contributed by atoms with Gasteiger partial charge in [0.1, 0.15) is 5.75 Å². The van der Waals surface area contributed by atoms with Gasteiger partial charge in [0.05, 0.1) is 18.7 Å². The van der Waals surface area contributed by atoms with E-state index in [9.17, 15) is 0 Å². The minimum Gasteiger partial charge on any atom is -0.496 e. The van der Waals surface area contributed by atoms with Crippen LogP contribution in [0, 0.1) is 0 Å². The lowest BCUT2D eigenvalue weighted by Crippen LogP contribution is -2.21. The summed E-state index contributed by atoms with van der Waals surface area (Å²) in [5.74, 6) is 0.909. The molecule has 0 saturated carbocycles. The van der Waals surface area contributed by atoms with E-state index in [1.54, 1.807) is 18.4 Å². The summed E-state index contributed by atoms with van der Waals surface area (Å²) in [4.78, 5) is 5.81. The van der Waals surface area contributed by atoms with Crippen molar-refractivity contribution in [3.8, 4) is 5.75 Å². The highest BCUT2D eigenvalue weighted by molar-refractivity contribution is 7.10. The van der Waals surface area contributed by atoms with Crippen molar-refractivity contribution in [3.05, 3.63) is 58.4 Å². The van der Waals surface area contributed by atoms with Crippen LogP contribution in [-0.4, -0.2) is 18.6 Å². The Balaban J connectivity index is 2.01. The summed E-state index contributed by atoms with van der Waals surface area (Å²) < 4.78 is 5.30. The molecule has 4 heteroatoms. The third-order valence-corrected chi connectivity index (χ3v) is 4.44. The molecule has 1 aromatic carbocycles. The first kappa shape index (κ1) is 14.0. The summed E-state index contributed by atoms with van der Waals surface area (Å²) in [7, 11) is 1.70. The number of thiophene rings is 1. The van der Waals surface area contributed by atoms with Crippen LogP contribution in [0.25, 0.3) is 10.9 Å². The molecule has 108 valence electrons. The highest BCUT2D eigenvalue weighted by Gasteiger charge is 2.16. The maximum atomic E-state index is 5.30. The number of pyridine rings is 1. The highest BCUT2D eigenvalue weighted by Crippen LogP contribution is 2.31. The molecule has 1 unspecified atom stereocenters. The fourth-order valence-corrected chi connectivity index (χ4v) is 3.38. The van der Waals surface area contributed by atoms with E-state index in [2.05, 4.69) is 35.4 Å². The van der Waals surface area contributed by atoms with Crippen LogP contribution >= 0.6 is 11.3 Å². The van der Waals surface area contributed by atoms with E-state index in [0.717, 1.165) is 17.8 Å². The molecule has 2 heterocycles. The van der Waals surface area contributed by atoms with Gasteiger partial charge in [0.15, 0.2) is 0 Å². The molecule has 3 aromatic rings. The number of fused-ring (bicyclic) bond motifs is 1. The van der Waals surface area contributed by atoms with Crippen molar-refractivity contribution in [2.24, 2.45) is 0 Å². The molecule has 0 spiro atoms. The average Bonchev–Trinajstić information content (AvgIpc) is 3.01. The number of nitrogens with one attached hydrogen (secondary N) is 1. The molecule has 0 amide bonds. The first-order chi connectivity index (χ1) is 10.3. The quantitative estimate of drug-likeness (QED) is 0.773. The molecular weight excluding hydrogens is 280 g/mol. The number of hydrogen-bond donors (Lipinski definition) is 1. The van der Waals surface area contributed by atoms with Crippen LogP contribution < -0.4 is 10.1 Å². The molecule has 3 rings (SSSR count). The maximum absolute atomic E-state index is 5.30. The van der Waals surface area contributed by atoms with Gasteiger partial charge < -0.3 is 10.1 Å². The average molecular weight is 298 g/mol. The van der Waals surface area contributed by atoms with E-state index < -0.39 is 0 Å². The topological polar surface area (TPSA) is 34.2 Å². The van der Waals surface area contributed by atoms with Gasteiger partial charge in [0.2, 0.25) is 0 Å². The maximum Gasteiger partial charge on any atom is 0.129 e. The second-order valence-electron chi connectivity index (χ2n) is 4.84. The predicted octanol–water partition coefficient (Wildman–Crippen LogP) is 4.00. The van der Waals surface area contributed by atoms with Crippen LogP contribution in [0.3, 0.4) is 0 Å². The molecule has 1 atom stereocenters. The molecule has 0 bridgehead atoms. The molecule has 0 saturated heterocycles. The molecule has 0 aliphatic rings. The zero-order valence-electron chi connectivity index (χ0n) is 12.2. The Morgan fingerprint density at radius 1 is 1.29 bits per heavy atom. The number of aromatic nitrogens is 1. The van der Waals surface area contributed by atoms with Crippen molar-refractivity contribution in [3.63, 3.8) is 0 Å². The van der Waals surface area contributed by atoms with E-state index in [-0.39, 0.29) is 6.04 Å². The van der Waals surface area contributed by atoms with E-state index >= 15 is 0 Å². The number of para-hydroxylation sites is 1. The number of methoxy groups -OCH3 is 1. The fraction of sp³-hybridized carbons (Fsp3) is 0.235. The fourth-order valence-electron chi connectivity index (χ4n) is 2.43. The Bertz CT molecular complexity index is 738. The van der Waals surface area contributed by atoms with Gasteiger partial charge in [-0.2, -0.15) is 0 Å². The Hall–Kier alpha value is -1.91. The zero-order chi connectivity index (χ0) is 14.7. The summed E-state index contributed by atoms with van der Waals surface area (Å²) in [5.41, 5.74) is 2.21. The summed E-state index contributed by atoms with van der Waals surface area (Å²) in [6, 6.07) is 12.7. The third kappa shape index (κ3) is 2.91. The minimum absolute atomic E-state index is 0.154. The lowest BCUT2D eigenvalue weighted by molar-refractivity contribution is 0.416. The van der Waals surface area contributed by atoms with E-state index in [1.807, 2.05) is 29.8 Å². The number of benzene rings is 1. The van der Waals surface area contributed by atoms with Gasteiger partial charge in [0, 0.05) is 21.8 Å². The van der Waals surface area contributed by atoms with Crippen molar-refractivity contribution >= 4 is 22.2 Å². The smallest absolute Gasteiger partial charge is 0.129 e. The molecular formula is C17H18N2OS. The molecule has 0 aliphatic carbocycles. The normalized spacial score (nSPS) is 12.5. The van der Waals surface area contributed by atoms with Crippen LogP contribution in [0.1, 0.15) is 23.4 Å². The number of ether oxygens (including phenoxy) is 1. The van der Waals surface area contributed by atoms with E-state index in [1.165, 1.54) is 15.8 Å². The Morgan fingerprint density at radius 2 is 2.14 bits per heavy atom. The van der Waals surface area contributed by atoms with Gasteiger partial charge >= 0.3 is 0 Å². The molecule has 0 aliphatic heterocycles. The van der Waals surface area contributed by atoms with Crippen LogP contribution in [0.5, 0.6) is 5.75 Å². The number of hydrogen-bond acceptors (Lipinski definition) is 4. The largest absolute Gasteiger partial charge is 0.496 e. The van der Waals surface area contributed by atoms with Crippen LogP contribution in [0.15, 0.2) is 48.0 Å². The van der Waals surface area contributed by atoms with Gasteiger partial charge in [0.25, 0.3) is 0 Å². The van der Waals surface area contributed by atoms with Crippen LogP contribution in [0.4, 0.5) is 0 Å². The van der Waals surface area contributed by atoms with E-state index in [4.69, 9.17) is 4.74 Å². The number of nitrogens with zero attached hydrogens (tertiary/aromatic N) is 1. The molecule has 21 heavy (non-hydrogen) atoms. The molecule has 0 radical (unpaired) electrons. The zero-order valence-corrected chi connectivity index (χ0v) is 13.0. The first-order valence-electron chi connectivity index (χ1n) is 7.02. The standard InChI is InChI=1S/C17H18N2OS/c1-3-18-17(16-9-14(20-2)11-21-16)13-8-12-6-4-5-7-15(12)19-10-13/h4-11,17-18H,3H2,1-2H3. The second kappa shape index (κ2) is 6.24.